The predicted molar refractivity (Wildman–Crippen MR) is 48.6 cm³/mol. The van der Waals surface area contributed by atoms with Gasteiger partial charge in [-0.1, -0.05) is 0 Å². The first-order valence-electron chi connectivity index (χ1n) is 3.38. The molecule has 2 N–H and O–H groups in total. The smallest absolute Gasteiger partial charge is 0.286 e. The SMILES string of the molecule is NCc1cc(F)cc([N+](=O)[O-])c1Br. The van der Waals surface area contributed by atoms with Crippen molar-refractivity contribution in [3.63, 3.8) is 0 Å². The minimum Gasteiger partial charge on any atom is -0.326 e. The van der Waals surface area contributed by atoms with Crippen LogP contribution in [-0.4, -0.2) is 4.92 Å². The van der Waals surface area contributed by atoms with E-state index in [2.05, 4.69) is 15.9 Å². The number of hydrogen-bond acceptors (Lipinski definition) is 3. The van der Waals surface area contributed by atoms with Gasteiger partial charge in [0, 0.05) is 6.54 Å². The van der Waals surface area contributed by atoms with E-state index in [-0.39, 0.29) is 16.7 Å². The van der Waals surface area contributed by atoms with Gasteiger partial charge < -0.3 is 5.73 Å². The highest BCUT2D eigenvalue weighted by Gasteiger charge is 2.16. The summed E-state index contributed by atoms with van der Waals surface area (Å²) < 4.78 is 13.0. The van der Waals surface area contributed by atoms with Crippen molar-refractivity contribution in [2.24, 2.45) is 5.73 Å². The summed E-state index contributed by atoms with van der Waals surface area (Å²) in [4.78, 5) is 9.75. The van der Waals surface area contributed by atoms with E-state index in [1.54, 1.807) is 0 Å². The lowest BCUT2D eigenvalue weighted by atomic mass is 10.2. The molecular formula is C7H6BrFN2O2. The first kappa shape index (κ1) is 10.1. The molecule has 0 atom stereocenters. The first-order chi connectivity index (χ1) is 6.06. The minimum absolute atomic E-state index is 0.0547. The highest BCUT2D eigenvalue weighted by atomic mass is 79.9. The molecule has 0 fully saturated rings. The number of nitrogens with two attached hydrogens (primary N) is 1. The van der Waals surface area contributed by atoms with Crippen LogP contribution in [0.5, 0.6) is 0 Å². The van der Waals surface area contributed by atoms with Crippen LogP contribution in [0.15, 0.2) is 16.6 Å². The van der Waals surface area contributed by atoms with Crippen molar-refractivity contribution in [1.82, 2.24) is 0 Å². The standard InChI is InChI=1S/C7H6BrFN2O2/c8-7-4(3-10)1-5(9)2-6(7)11(12)13/h1-2H,3,10H2. The number of halogens is 2. The Bertz CT molecular complexity index is 357. The second-order valence-corrected chi connectivity index (χ2v) is 3.15. The van der Waals surface area contributed by atoms with Crippen LogP contribution in [0.25, 0.3) is 0 Å². The monoisotopic (exact) mass is 248 g/mol. The molecule has 1 rings (SSSR count). The van der Waals surface area contributed by atoms with E-state index >= 15 is 0 Å². The zero-order chi connectivity index (χ0) is 10.0. The van der Waals surface area contributed by atoms with Gasteiger partial charge in [0.05, 0.1) is 15.5 Å². The molecule has 0 aliphatic carbocycles. The third-order valence-electron chi connectivity index (χ3n) is 1.51. The Morgan fingerprint density at radius 3 is 2.69 bits per heavy atom. The van der Waals surface area contributed by atoms with Crippen LogP contribution >= 0.6 is 15.9 Å². The lowest BCUT2D eigenvalue weighted by Crippen LogP contribution is -2.01. The molecule has 0 heterocycles. The maximum Gasteiger partial charge on any atom is 0.286 e. The average Bonchev–Trinajstić information content (AvgIpc) is 2.08. The number of nitro benzene ring substituents is 1. The lowest BCUT2D eigenvalue weighted by molar-refractivity contribution is -0.385. The Balaban J connectivity index is 3.35. The van der Waals surface area contributed by atoms with Gasteiger partial charge in [-0.15, -0.1) is 0 Å². The fourth-order valence-corrected chi connectivity index (χ4v) is 1.45. The van der Waals surface area contributed by atoms with E-state index in [0.29, 0.717) is 5.56 Å². The van der Waals surface area contributed by atoms with Crippen molar-refractivity contribution in [2.45, 2.75) is 6.54 Å². The average molecular weight is 249 g/mol. The molecule has 0 spiro atoms. The fourth-order valence-electron chi connectivity index (χ4n) is 0.911. The molecule has 1 aromatic carbocycles. The number of nitrogens with zero attached hydrogens (tertiary/aromatic N) is 1. The summed E-state index contributed by atoms with van der Waals surface area (Å²) in [6.07, 6.45) is 0. The summed E-state index contributed by atoms with van der Waals surface area (Å²) in [6, 6.07) is 2.01. The summed E-state index contributed by atoms with van der Waals surface area (Å²) in [5, 5.41) is 10.4. The Hall–Kier alpha value is -1.01. The van der Waals surface area contributed by atoms with Crippen LogP contribution in [0.4, 0.5) is 10.1 Å². The molecule has 0 aliphatic heterocycles. The van der Waals surface area contributed by atoms with E-state index in [1.807, 2.05) is 0 Å². The van der Waals surface area contributed by atoms with Crippen molar-refractivity contribution < 1.29 is 9.31 Å². The van der Waals surface area contributed by atoms with E-state index in [9.17, 15) is 14.5 Å². The molecule has 13 heavy (non-hydrogen) atoms. The molecule has 0 saturated heterocycles. The first-order valence-corrected chi connectivity index (χ1v) is 4.18. The molecular weight excluding hydrogens is 243 g/mol. The molecule has 0 unspecified atom stereocenters. The van der Waals surface area contributed by atoms with Crippen LogP contribution in [0.1, 0.15) is 5.56 Å². The van der Waals surface area contributed by atoms with Gasteiger partial charge in [0.2, 0.25) is 0 Å². The number of nitro groups is 1. The Morgan fingerprint density at radius 2 is 2.23 bits per heavy atom. The summed E-state index contributed by atoms with van der Waals surface area (Å²) in [5.74, 6) is -0.657. The predicted octanol–water partition coefficient (Wildman–Crippen LogP) is 1.96. The van der Waals surface area contributed by atoms with Crippen molar-refractivity contribution >= 4 is 21.6 Å². The molecule has 4 nitrogen and oxygen atoms in total. The largest absolute Gasteiger partial charge is 0.326 e. The normalized spacial score (nSPS) is 10.1. The highest BCUT2D eigenvalue weighted by molar-refractivity contribution is 9.10. The maximum absolute atomic E-state index is 12.8. The molecule has 0 saturated carbocycles. The van der Waals surface area contributed by atoms with Crippen LogP contribution in [0, 0.1) is 15.9 Å². The highest BCUT2D eigenvalue weighted by Crippen LogP contribution is 2.29. The van der Waals surface area contributed by atoms with Gasteiger partial charge in [-0.2, -0.15) is 0 Å². The third kappa shape index (κ3) is 2.02. The van der Waals surface area contributed by atoms with Crippen LogP contribution in [0.3, 0.4) is 0 Å². The van der Waals surface area contributed by atoms with Gasteiger partial charge in [-0.3, -0.25) is 10.1 Å². The van der Waals surface area contributed by atoms with Crippen LogP contribution in [-0.2, 0) is 6.54 Å². The van der Waals surface area contributed by atoms with Crippen molar-refractivity contribution in [3.8, 4) is 0 Å². The van der Waals surface area contributed by atoms with Gasteiger partial charge in [0.1, 0.15) is 5.82 Å². The van der Waals surface area contributed by atoms with Crippen molar-refractivity contribution in [3.05, 3.63) is 38.1 Å². The van der Waals surface area contributed by atoms with Gasteiger partial charge in [0.15, 0.2) is 0 Å². The Labute approximate surface area is 81.8 Å². The quantitative estimate of drug-likeness (QED) is 0.643. The lowest BCUT2D eigenvalue weighted by Gasteiger charge is -2.01. The second-order valence-electron chi connectivity index (χ2n) is 2.36. The van der Waals surface area contributed by atoms with Crippen LogP contribution < -0.4 is 5.73 Å². The maximum atomic E-state index is 12.8. The van der Waals surface area contributed by atoms with Crippen molar-refractivity contribution in [1.29, 1.82) is 0 Å². The number of rotatable bonds is 2. The Kier molecular flexibility index (Phi) is 2.94. The minimum atomic E-state index is -0.660. The van der Waals surface area contributed by atoms with Gasteiger partial charge in [0.25, 0.3) is 5.69 Å². The number of hydrogen-bond donors (Lipinski definition) is 1. The van der Waals surface area contributed by atoms with E-state index in [1.165, 1.54) is 0 Å². The molecule has 0 bridgehead atoms. The van der Waals surface area contributed by atoms with E-state index < -0.39 is 10.7 Å². The third-order valence-corrected chi connectivity index (χ3v) is 2.43. The number of benzene rings is 1. The topological polar surface area (TPSA) is 69.2 Å². The summed E-state index contributed by atoms with van der Waals surface area (Å²) in [5.41, 5.74) is 5.35. The van der Waals surface area contributed by atoms with Crippen molar-refractivity contribution in [2.75, 3.05) is 0 Å². The van der Waals surface area contributed by atoms with Gasteiger partial charge in [-0.05, 0) is 27.6 Å². The molecule has 6 heteroatoms. The summed E-state index contributed by atoms with van der Waals surface area (Å²) >= 11 is 2.99. The zero-order valence-corrected chi connectivity index (χ0v) is 8.04. The van der Waals surface area contributed by atoms with Crippen LogP contribution in [0.2, 0.25) is 0 Å². The van der Waals surface area contributed by atoms with Gasteiger partial charge in [-0.25, -0.2) is 4.39 Å². The van der Waals surface area contributed by atoms with E-state index in [0.717, 1.165) is 12.1 Å². The molecule has 1 aromatic rings. The molecule has 0 aliphatic rings. The zero-order valence-electron chi connectivity index (χ0n) is 6.46. The Morgan fingerprint density at radius 1 is 1.62 bits per heavy atom. The molecule has 0 aromatic heterocycles. The van der Waals surface area contributed by atoms with Gasteiger partial charge >= 0.3 is 0 Å². The molecule has 0 radical (unpaired) electrons. The van der Waals surface area contributed by atoms with E-state index in [4.69, 9.17) is 5.73 Å². The summed E-state index contributed by atoms with van der Waals surface area (Å²) in [7, 11) is 0. The fraction of sp³-hybridized carbons (Fsp3) is 0.143. The summed E-state index contributed by atoms with van der Waals surface area (Å²) in [6.45, 7) is 0.0547. The molecule has 70 valence electrons. The molecule has 0 amide bonds. The second kappa shape index (κ2) is 3.80.